The van der Waals surface area contributed by atoms with E-state index in [1.807, 2.05) is 20.8 Å². The molecule has 1 rings (SSSR count). The summed E-state index contributed by atoms with van der Waals surface area (Å²) in [5.74, 6) is -0.622. The Morgan fingerprint density at radius 2 is 2.11 bits per heavy atom. The molecule has 1 aromatic heterocycles. The topological polar surface area (TPSA) is 68.7 Å². The van der Waals surface area contributed by atoms with Gasteiger partial charge >= 0.3 is 5.97 Å². The Bertz CT molecular complexity index is 443. The van der Waals surface area contributed by atoms with Gasteiger partial charge in [0.2, 0.25) is 5.88 Å². The maximum Gasteiger partial charge on any atom is 0.335 e. The molecule has 0 unspecified atom stereocenters. The summed E-state index contributed by atoms with van der Waals surface area (Å²) >= 11 is 0. The lowest BCUT2D eigenvalue weighted by molar-refractivity contribution is 0.00504. The number of aromatic carboxylic acids is 1. The van der Waals surface area contributed by atoms with Crippen molar-refractivity contribution in [1.82, 2.24) is 4.98 Å². The number of pyridine rings is 1. The van der Waals surface area contributed by atoms with Crippen molar-refractivity contribution in [2.24, 2.45) is 0 Å². The molecule has 0 spiro atoms. The highest BCUT2D eigenvalue weighted by Crippen LogP contribution is 2.17. The monoisotopic (exact) mass is 267 g/mol. The molecule has 19 heavy (non-hydrogen) atoms. The summed E-state index contributed by atoms with van der Waals surface area (Å²) in [5, 5.41) is 9.02. The molecule has 5 heteroatoms. The summed E-state index contributed by atoms with van der Waals surface area (Å²) in [6.45, 7) is 6.29. The third-order valence-corrected chi connectivity index (χ3v) is 2.97. The minimum Gasteiger partial charge on any atom is -0.478 e. The van der Waals surface area contributed by atoms with Gasteiger partial charge in [0.15, 0.2) is 0 Å². The molecule has 0 aliphatic carbocycles. The highest BCUT2D eigenvalue weighted by Gasteiger charge is 2.16. The largest absolute Gasteiger partial charge is 0.478 e. The maximum atomic E-state index is 11.0. The van der Waals surface area contributed by atoms with E-state index in [1.54, 1.807) is 13.2 Å². The Hall–Kier alpha value is -1.62. The highest BCUT2D eigenvalue weighted by atomic mass is 16.5. The first-order chi connectivity index (χ1) is 8.88. The number of methoxy groups -OCH3 is 1. The van der Waals surface area contributed by atoms with E-state index in [0.29, 0.717) is 31.0 Å². The number of carbonyl (C=O) groups is 1. The van der Waals surface area contributed by atoms with Crippen molar-refractivity contribution in [3.05, 3.63) is 23.4 Å². The van der Waals surface area contributed by atoms with Gasteiger partial charge in [-0.2, -0.15) is 0 Å². The van der Waals surface area contributed by atoms with Crippen molar-refractivity contribution >= 4 is 5.97 Å². The Kier molecular flexibility index (Phi) is 5.30. The van der Waals surface area contributed by atoms with Crippen LogP contribution in [0.4, 0.5) is 0 Å². The van der Waals surface area contributed by atoms with E-state index in [1.165, 1.54) is 6.07 Å². The molecule has 0 amide bonds. The van der Waals surface area contributed by atoms with Crippen LogP contribution in [0.1, 0.15) is 43.2 Å². The molecular formula is C14H21NO4. The number of hydrogen-bond acceptors (Lipinski definition) is 4. The van der Waals surface area contributed by atoms with Crippen LogP contribution in [0.3, 0.4) is 0 Å². The molecule has 0 saturated heterocycles. The molecule has 1 N–H and O–H groups in total. The van der Waals surface area contributed by atoms with Crippen LogP contribution in [-0.4, -0.2) is 35.4 Å². The number of aromatic nitrogens is 1. The summed E-state index contributed by atoms with van der Waals surface area (Å²) in [5.41, 5.74) is 0.645. The summed E-state index contributed by atoms with van der Waals surface area (Å²) in [4.78, 5) is 15.3. The number of aryl methyl sites for hydroxylation is 1. The van der Waals surface area contributed by atoms with E-state index in [-0.39, 0.29) is 11.2 Å². The van der Waals surface area contributed by atoms with Gasteiger partial charge in [-0.25, -0.2) is 9.78 Å². The predicted octanol–water partition coefficient (Wildman–Crippen LogP) is 2.54. The normalized spacial score (nSPS) is 11.4. The number of hydrogen-bond donors (Lipinski definition) is 1. The fourth-order valence-corrected chi connectivity index (χ4v) is 1.44. The molecule has 1 heterocycles. The number of nitrogens with zero attached hydrogens (tertiary/aromatic N) is 1. The molecule has 106 valence electrons. The smallest absolute Gasteiger partial charge is 0.335 e. The van der Waals surface area contributed by atoms with Crippen molar-refractivity contribution in [3.8, 4) is 5.88 Å². The van der Waals surface area contributed by atoms with Crippen LogP contribution in [-0.2, 0) is 11.2 Å². The van der Waals surface area contributed by atoms with E-state index in [0.717, 1.165) is 0 Å². The zero-order valence-corrected chi connectivity index (χ0v) is 11.9. The van der Waals surface area contributed by atoms with E-state index >= 15 is 0 Å². The van der Waals surface area contributed by atoms with Crippen molar-refractivity contribution in [2.45, 2.75) is 39.2 Å². The van der Waals surface area contributed by atoms with Gasteiger partial charge in [-0.3, -0.25) is 0 Å². The summed E-state index contributed by atoms with van der Waals surface area (Å²) in [6.07, 6.45) is 1.37. The van der Waals surface area contributed by atoms with Crippen LogP contribution in [0.5, 0.6) is 5.88 Å². The molecular weight excluding hydrogens is 246 g/mol. The minimum absolute atomic E-state index is 0.202. The van der Waals surface area contributed by atoms with E-state index < -0.39 is 5.97 Å². The van der Waals surface area contributed by atoms with Crippen LogP contribution in [0.2, 0.25) is 0 Å². The quantitative estimate of drug-likeness (QED) is 0.822. The molecule has 0 radical (unpaired) electrons. The third kappa shape index (κ3) is 4.87. The lowest BCUT2D eigenvalue weighted by Gasteiger charge is -2.22. The average molecular weight is 267 g/mol. The van der Waals surface area contributed by atoms with Crippen LogP contribution in [0.25, 0.3) is 0 Å². The first kappa shape index (κ1) is 15.4. The summed E-state index contributed by atoms with van der Waals surface area (Å²) < 4.78 is 10.8. The predicted molar refractivity (Wildman–Crippen MR) is 71.8 cm³/mol. The average Bonchev–Trinajstić information content (AvgIpc) is 2.38. The van der Waals surface area contributed by atoms with Gasteiger partial charge < -0.3 is 14.6 Å². The van der Waals surface area contributed by atoms with Gasteiger partial charge in [-0.05, 0) is 26.3 Å². The Labute approximate surface area is 113 Å². The van der Waals surface area contributed by atoms with E-state index in [4.69, 9.17) is 14.6 Å². The van der Waals surface area contributed by atoms with Gasteiger partial charge in [0, 0.05) is 25.3 Å². The maximum absolute atomic E-state index is 11.0. The van der Waals surface area contributed by atoms with Crippen molar-refractivity contribution in [3.63, 3.8) is 0 Å². The molecule has 0 fully saturated rings. The molecule has 0 aliphatic rings. The van der Waals surface area contributed by atoms with Gasteiger partial charge in [-0.1, -0.05) is 6.92 Å². The summed E-state index contributed by atoms with van der Waals surface area (Å²) in [7, 11) is 1.65. The molecule has 1 aromatic rings. The fraction of sp³-hybridized carbons (Fsp3) is 0.571. The Morgan fingerprint density at radius 1 is 1.42 bits per heavy atom. The number of rotatable bonds is 7. The third-order valence-electron chi connectivity index (χ3n) is 2.97. The molecule has 0 aliphatic heterocycles. The lowest BCUT2D eigenvalue weighted by atomic mass is 10.1. The van der Waals surface area contributed by atoms with Gasteiger partial charge in [0.25, 0.3) is 0 Å². The van der Waals surface area contributed by atoms with Crippen molar-refractivity contribution < 1.29 is 19.4 Å². The van der Waals surface area contributed by atoms with Crippen molar-refractivity contribution in [2.75, 3.05) is 13.7 Å². The fourth-order valence-electron chi connectivity index (χ4n) is 1.44. The van der Waals surface area contributed by atoms with Crippen molar-refractivity contribution in [1.29, 1.82) is 0 Å². The Morgan fingerprint density at radius 3 is 2.63 bits per heavy atom. The number of ether oxygens (including phenoxy) is 2. The molecule has 0 atom stereocenters. The SMILES string of the molecule is CCc1cc(C(=O)O)cc(OCCC(C)(C)OC)n1. The molecule has 0 saturated carbocycles. The number of carboxylic acids is 1. The molecule has 0 aromatic carbocycles. The summed E-state index contributed by atoms with van der Waals surface area (Å²) in [6, 6.07) is 3.01. The van der Waals surface area contributed by atoms with Gasteiger partial charge in [0.1, 0.15) is 0 Å². The lowest BCUT2D eigenvalue weighted by Crippen LogP contribution is -2.25. The van der Waals surface area contributed by atoms with Crippen LogP contribution >= 0.6 is 0 Å². The first-order valence-corrected chi connectivity index (χ1v) is 6.30. The van der Waals surface area contributed by atoms with Crippen LogP contribution in [0, 0.1) is 0 Å². The van der Waals surface area contributed by atoms with Gasteiger partial charge in [0.05, 0.1) is 17.8 Å². The second-order valence-corrected chi connectivity index (χ2v) is 4.91. The zero-order valence-electron chi connectivity index (χ0n) is 11.9. The first-order valence-electron chi connectivity index (χ1n) is 6.30. The second-order valence-electron chi connectivity index (χ2n) is 4.91. The number of carboxylic acid groups (broad SMARTS) is 1. The van der Waals surface area contributed by atoms with E-state index in [2.05, 4.69) is 4.98 Å². The second kappa shape index (κ2) is 6.52. The molecule has 0 bridgehead atoms. The Balaban J connectivity index is 2.72. The van der Waals surface area contributed by atoms with E-state index in [9.17, 15) is 4.79 Å². The van der Waals surface area contributed by atoms with Gasteiger partial charge in [-0.15, -0.1) is 0 Å². The minimum atomic E-state index is -0.973. The zero-order chi connectivity index (χ0) is 14.5. The molecule has 5 nitrogen and oxygen atoms in total. The van der Waals surface area contributed by atoms with Crippen LogP contribution in [0.15, 0.2) is 12.1 Å². The van der Waals surface area contributed by atoms with Crippen LogP contribution < -0.4 is 4.74 Å². The highest BCUT2D eigenvalue weighted by molar-refractivity contribution is 5.88. The standard InChI is InChI=1S/C14H21NO4/c1-5-11-8-10(13(16)17)9-12(15-11)19-7-6-14(2,3)18-4/h8-9H,5-7H2,1-4H3,(H,16,17).